The molecule has 12 heavy (non-hydrogen) atoms. The van der Waals surface area contributed by atoms with E-state index < -0.39 is 0 Å². The largest absolute Gasteiger partial charge is 0.0988 e. The molecule has 0 fully saturated rings. The quantitative estimate of drug-likeness (QED) is 0.529. The Morgan fingerprint density at radius 2 is 1.58 bits per heavy atom. The topological polar surface area (TPSA) is 0 Å². The van der Waals surface area contributed by atoms with E-state index in [0.717, 1.165) is 0 Å². The van der Waals surface area contributed by atoms with Gasteiger partial charge in [0.1, 0.15) is 0 Å². The highest BCUT2D eigenvalue weighted by molar-refractivity contribution is 5.22. The molecule has 0 aliphatic heterocycles. The van der Waals surface area contributed by atoms with E-state index in [1.54, 1.807) is 0 Å². The molecule has 0 nitrogen and oxygen atoms in total. The molecule has 0 radical (unpaired) electrons. The third kappa shape index (κ3) is 7.59. The van der Waals surface area contributed by atoms with Crippen LogP contribution < -0.4 is 0 Å². The van der Waals surface area contributed by atoms with E-state index in [-0.39, 0.29) is 0 Å². The Bertz CT molecular complexity index is 134. The molecule has 72 valence electrons. The summed E-state index contributed by atoms with van der Waals surface area (Å²) in [5, 5.41) is 0. The second kappa shape index (κ2) is 8.58. The van der Waals surface area contributed by atoms with Crippen LogP contribution in [0, 0.1) is 5.92 Å². The minimum absolute atomic E-state index is 0.618. The highest BCUT2D eigenvalue weighted by atomic mass is 14.0. The van der Waals surface area contributed by atoms with Crippen molar-refractivity contribution in [3.8, 4) is 0 Å². The molecule has 0 heteroatoms. The lowest BCUT2D eigenvalue weighted by Crippen LogP contribution is -1.91. The van der Waals surface area contributed by atoms with Crippen molar-refractivity contribution in [2.75, 3.05) is 0 Å². The summed E-state index contributed by atoms with van der Waals surface area (Å²) in [6.45, 7) is 16.6. The molecule has 0 saturated heterocycles. The van der Waals surface area contributed by atoms with Gasteiger partial charge >= 0.3 is 0 Å². The van der Waals surface area contributed by atoms with Crippen LogP contribution >= 0.6 is 0 Å². The van der Waals surface area contributed by atoms with Crippen molar-refractivity contribution in [2.45, 2.75) is 48.0 Å². The lowest BCUT2D eigenvalue weighted by molar-refractivity contribution is 0.780. The zero-order chi connectivity index (χ0) is 10.1. The Kier molecular flexibility index (Phi) is 10.0. The molecular formula is C12H24. The maximum atomic E-state index is 3.75. The minimum Gasteiger partial charge on any atom is -0.0988 e. The fourth-order valence-corrected chi connectivity index (χ4v) is 1.02. The highest BCUT2D eigenvalue weighted by Crippen LogP contribution is 2.14. The summed E-state index contributed by atoms with van der Waals surface area (Å²) in [7, 11) is 0. The summed E-state index contributed by atoms with van der Waals surface area (Å²) in [6, 6.07) is 0. The first-order chi connectivity index (χ1) is 5.51. The van der Waals surface area contributed by atoms with E-state index in [1.165, 1.54) is 17.6 Å². The predicted octanol–water partition coefficient (Wildman–Crippen LogP) is 4.58. The van der Waals surface area contributed by atoms with Crippen LogP contribution in [0.3, 0.4) is 0 Å². The molecule has 0 N–H and O–H groups in total. The predicted molar refractivity (Wildman–Crippen MR) is 59.4 cm³/mol. The zero-order valence-electron chi connectivity index (χ0n) is 9.57. The standard InChI is InChI=1S/C9H16.C3H8/c1-6-9(7(2)3)8(4)5;1-3-2/h6-7H,1H2,2-5H3;3H2,1-2H3. The summed E-state index contributed by atoms with van der Waals surface area (Å²) in [4.78, 5) is 0. The van der Waals surface area contributed by atoms with Crippen molar-refractivity contribution in [1.29, 1.82) is 0 Å². The Morgan fingerprint density at radius 3 is 1.58 bits per heavy atom. The van der Waals surface area contributed by atoms with Crippen LogP contribution in [-0.2, 0) is 0 Å². The van der Waals surface area contributed by atoms with Gasteiger partial charge in [-0.1, -0.05) is 52.3 Å². The fraction of sp³-hybridized carbons (Fsp3) is 0.667. The molecule has 0 aliphatic carbocycles. The molecule has 0 aromatic rings. The van der Waals surface area contributed by atoms with Crippen LogP contribution in [-0.4, -0.2) is 0 Å². The minimum atomic E-state index is 0.618. The maximum Gasteiger partial charge on any atom is -0.0220 e. The van der Waals surface area contributed by atoms with Gasteiger partial charge in [-0.25, -0.2) is 0 Å². The summed E-state index contributed by atoms with van der Waals surface area (Å²) >= 11 is 0. The van der Waals surface area contributed by atoms with Gasteiger partial charge in [0.05, 0.1) is 0 Å². The SMILES string of the molecule is C=CC(=C(C)C)C(C)C.CCC. The van der Waals surface area contributed by atoms with Crippen molar-refractivity contribution in [1.82, 2.24) is 0 Å². The molecule has 0 saturated carbocycles. The van der Waals surface area contributed by atoms with Crippen LogP contribution in [0.1, 0.15) is 48.0 Å². The molecule has 0 atom stereocenters. The van der Waals surface area contributed by atoms with Crippen molar-refractivity contribution in [3.05, 3.63) is 23.8 Å². The van der Waals surface area contributed by atoms with E-state index in [2.05, 4.69) is 48.1 Å². The smallest absolute Gasteiger partial charge is 0.0220 e. The van der Waals surface area contributed by atoms with Gasteiger partial charge in [0.25, 0.3) is 0 Å². The van der Waals surface area contributed by atoms with E-state index in [0.29, 0.717) is 5.92 Å². The number of hydrogen-bond donors (Lipinski definition) is 0. The first-order valence-electron chi connectivity index (χ1n) is 4.80. The molecule has 0 aromatic carbocycles. The summed E-state index contributed by atoms with van der Waals surface area (Å²) in [5.74, 6) is 0.618. The Labute approximate surface area is 78.4 Å². The zero-order valence-corrected chi connectivity index (χ0v) is 9.57. The number of allylic oxidation sites excluding steroid dienone is 3. The molecule has 0 unspecified atom stereocenters. The van der Waals surface area contributed by atoms with Gasteiger partial charge in [0, 0.05) is 0 Å². The number of hydrogen-bond acceptors (Lipinski definition) is 0. The van der Waals surface area contributed by atoms with E-state index in [4.69, 9.17) is 0 Å². The summed E-state index contributed by atoms with van der Waals surface area (Å²) in [5.41, 5.74) is 2.75. The van der Waals surface area contributed by atoms with Gasteiger partial charge < -0.3 is 0 Å². The van der Waals surface area contributed by atoms with Gasteiger partial charge in [-0.2, -0.15) is 0 Å². The van der Waals surface area contributed by atoms with Crippen LogP contribution in [0.5, 0.6) is 0 Å². The number of rotatable bonds is 2. The van der Waals surface area contributed by atoms with Crippen molar-refractivity contribution < 1.29 is 0 Å². The van der Waals surface area contributed by atoms with Gasteiger partial charge in [-0.05, 0) is 25.3 Å². The highest BCUT2D eigenvalue weighted by Gasteiger charge is 1.98. The molecule has 0 spiro atoms. The van der Waals surface area contributed by atoms with E-state index >= 15 is 0 Å². The van der Waals surface area contributed by atoms with E-state index in [9.17, 15) is 0 Å². The van der Waals surface area contributed by atoms with Crippen LogP contribution in [0.4, 0.5) is 0 Å². The molecule has 0 aliphatic rings. The molecule has 0 bridgehead atoms. The second-order valence-electron chi connectivity index (χ2n) is 3.52. The average Bonchev–Trinajstić information content (AvgIpc) is 1.88. The van der Waals surface area contributed by atoms with Crippen molar-refractivity contribution in [2.24, 2.45) is 5.92 Å². The first-order valence-corrected chi connectivity index (χ1v) is 4.80. The third-order valence-corrected chi connectivity index (χ3v) is 1.42. The van der Waals surface area contributed by atoms with Gasteiger partial charge in [-0.15, -0.1) is 0 Å². The van der Waals surface area contributed by atoms with Gasteiger partial charge in [-0.3, -0.25) is 0 Å². The maximum absolute atomic E-state index is 3.75. The summed E-state index contributed by atoms with van der Waals surface area (Å²) < 4.78 is 0. The Morgan fingerprint density at radius 1 is 1.25 bits per heavy atom. The molecule has 0 rings (SSSR count). The summed E-state index contributed by atoms with van der Waals surface area (Å²) in [6.07, 6.45) is 3.19. The monoisotopic (exact) mass is 168 g/mol. The molecule has 0 amide bonds. The van der Waals surface area contributed by atoms with E-state index in [1.807, 2.05) is 6.08 Å². The molecular weight excluding hydrogens is 144 g/mol. The Balaban J connectivity index is 0. The van der Waals surface area contributed by atoms with Crippen LogP contribution in [0.25, 0.3) is 0 Å². The van der Waals surface area contributed by atoms with Crippen LogP contribution in [0.2, 0.25) is 0 Å². The third-order valence-electron chi connectivity index (χ3n) is 1.42. The average molecular weight is 168 g/mol. The molecule has 0 heterocycles. The lowest BCUT2D eigenvalue weighted by atomic mass is 9.99. The van der Waals surface area contributed by atoms with Crippen LogP contribution in [0.15, 0.2) is 23.8 Å². The van der Waals surface area contributed by atoms with Gasteiger partial charge in [0.15, 0.2) is 0 Å². The molecule has 0 aromatic heterocycles. The first kappa shape index (κ1) is 14.0. The Hall–Kier alpha value is -0.520. The fourth-order valence-electron chi connectivity index (χ4n) is 1.02. The van der Waals surface area contributed by atoms with Gasteiger partial charge in [0.2, 0.25) is 0 Å². The van der Waals surface area contributed by atoms with Crippen molar-refractivity contribution in [3.63, 3.8) is 0 Å². The normalized spacial score (nSPS) is 8.58. The lowest BCUT2D eigenvalue weighted by Gasteiger charge is -2.07. The van der Waals surface area contributed by atoms with Crippen molar-refractivity contribution >= 4 is 0 Å². The second-order valence-corrected chi connectivity index (χ2v) is 3.52.